The number of carboxylic acid groups (broad SMARTS) is 1. The van der Waals surface area contributed by atoms with Gasteiger partial charge in [-0.2, -0.15) is 0 Å². The number of benzene rings is 1. The van der Waals surface area contributed by atoms with E-state index in [-0.39, 0.29) is 0 Å². The van der Waals surface area contributed by atoms with Crippen LogP contribution in [0.15, 0.2) is 35.9 Å². The lowest BCUT2D eigenvalue weighted by Crippen LogP contribution is -1.96. The minimum Gasteiger partial charge on any atom is -0.478 e. The fraction of sp³-hybridized carbons (Fsp3) is 0.167. The molecule has 0 saturated carbocycles. The van der Waals surface area contributed by atoms with Crippen molar-refractivity contribution in [1.82, 2.24) is 0 Å². The second kappa shape index (κ2) is 4.61. The van der Waals surface area contributed by atoms with E-state index in [0.717, 1.165) is 11.1 Å². The van der Waals surface area contributed by atoms with Crippen LogP contribution in [0.1, 0.15) is 18.1 Å². The summed E-state index contributed by atoms with van der Waals surface area (Å²) in [6.07, 6.45) is 2.36. The molecule has 0 spiro atoms. The molecule has 0 unspecified atom stereocenters. The molecule has 1 radical (unpaired) electrons. The van der Waals surface area contributed by atoms with E-state index in [0.29, 0.717) is 12.0 Å². The van der Waals surface area contributed by atoms with Gasteiger partial charge >= 0.3 is 5.97 Å². The van der Waals surface area contributed by atoms with E-state index < -0.39 is 5.97 Å². The number of hydrogen-bond donors (Lipinski definition) is 1. The van der Waals surface area contributed by atoms with Crippen molar-refractivity contribution >= 4 is 5.97 Å². The van der Waals surface area contributed by atoms with E-state index in [1.165, 1.54) is 0 Å². The second-order valence-electron chi connectivity index (χ2n) is 3.21. The molecule has 1 aromatic rings. The fourth-order valence-corrected chi connectivity index (χ4v) is 1.03. The molecule has 0 aromatic heterocycles. The lowest BCUT2D eigenvalue weighted by atomic mass is 10.1. The first-order chi connectivity index (χ1) is 6.59. The summed E-state index contributed by atoms with van der Waals surface area (Å²) in [7, 11) is 0. The van der Waals surface area contributed by atoms with Crippen LogP contribution >= 0.6 is 0 Å². The number of aliphatic carboxylic acids is 1. The van der Waals surface area contributed by atoms with E-state index >= 15 is 0 Å². The van der Waals surface area contributed by atoms with E-state index in [1.54, 1.807) is 13.0 Å². The van der Waals surface area contributed by atoms with Crippen LogP contribution in [0.4, 0.5) is 0 Å². The Kier molecular flexibility index (Phi) is 3.46. The van der Waals surface area contributed by atoms with Crippen LogP contribution in [0.2, 0.25) is 0 Å². The Morgan fingerprint density at radius 1 is 1.43 bits per heavy atom. The van der Waals surface area contributed by atoms with Crippen molar-refractivity contribution in [3.63, 3.8) is 0 Å². The van der Waals surface area contributed by atoms with Gasteiger partial charge in [0, 0.05) is 5.57 Å². The van der Waals surface area contributed by atoms with Crippen molar-refractivity contribution in [2.45, 2.75) is 13.3 Å². The topological polar surface area (TPSA) is 37.3 Å². The third-order valence-corrected chi connectivity index (χ3v) is 2.00. The largest absolute Gasteiger partial charge is 0.478 e. The van der Waals surface area contributed by atoms with Gasteiger partial charge in [0.1, 0.15) is 0 Å². The lowest BCUT2D eigenvalue weighted by Gasteiger charge is -1.98. The molecule has 1 rings (SSSR count). The number of carboxylic acids is 1. The zero-order valence-electron chi connectivity index (χ0n) is 8.16. The number of hydrogen-bond acceptors (Lipinski definition) is 1. The van der Waals surface area contributed by atoms with Gasteiger partial charge in [-0.05, 0) is 31.4 Å². The molecule has 0 amide bonds. The predicted octanol–water partition coefficient (Wildman–Crippen LogP) is 2.44. The molecule has 2 heteroatoms. The SMILES string of the molecule is [CH2]c1ccc(CC=C(C)C(=O)O)cc1. The van der Waals surface area contributed by atoms with Crippen molar-refractivity contribution < 1.29 is 9.90 Å². The summed E-state index contributed by atoms with van der Waals surface area (Å²) in [6, 6.07) is 7.74. The van der Waals surface area contributed by atoms with Gasteiger partial charge in [0.25, 0.3) is 0 Å². The third-order valence-electron chi connectivity index (χ3n) is 2.00. The minimum absolute atomic E-state index is 0.378. The second-order valence-corrected chi connectivity index (χ2v) is 3.21. The zero-order valence-corrected chi connectivity index (χ0v) is 8.16. The van der Waals surface area contributed by atoms with Crippen LogP contribution in [-0.4, -0.2) is 11.1 Å². The molecule has 0 atom stereocenters. The molecular weight excluding hydrogens is 176 g/mol. The highest BCUT2D eigenvalue weighted by atomic mass is 16.4. The number of carbonyl (C=O) groups is 1. The molecular formula is C12H13O2. The Balaban J connectivity index is 2.66. The van der Waals surface area contributed by atoms with E-state index in [9.17, 15) is 4.79 Å². The van der Waals surface area contributed by atoms with Gasteiger partial charge in [0.05, 0.1) is 0 Å². The highest BCUT2D eigenvalue weighted by Gasteiger charge is 1.98. The summed E-state index contributed by atoms with van der Waals surface area (Å²) in [4.78, 5) is 10.5. The van der Waals surface area contributed by atoms with Crippen LogP contribution in [-0.2, 0) is 11.2 Å². The summed E-state index contributed by atoms with van der Waals surface area (Å²) >= 11 is 0. The Labute approximate surface area is 83.9 Å². The molecule has 0 aliphatic rings. The van der Waals surface area contributed by atoms with Gasteiger partial charge in [-0.1, -0.05) is 30.3 Å². The third kappa shape index (κ3) is 3.05. The van der Waals surface area contributed by atoms with Crippen molar-refractivity contribution in [3.8, 4) is 0 Å². The summed E-state index contributed by atoms with van der Waals surface area (Å²) in [5, 5.41) is 8.63. The molecule has 0 aliphatic carbocycles. The Morgan fingerprint density at radius 3 is 2.50 bits per heavy atom. The fourth-order valence-electron chi connectivity index (χ4n) is 1.03. The molecule has 0 saturated heterocycles. The first-order valence-electron chi connectivity index (χ1n) is 4.40. The summed E-state index contributed by atoms with van der Waals surface area (Å²) < 4.78 is 0. The maximum absolute atomic E-state index is 10.5. The van der Waals surface area contributed by atoms with Gasteiger partial charge in [-0.25, -0.2) is 4.79 Å². The molecule has 1 aromatic carbocycles. The standard InChI is InChI=1S/C12H13O2/c1-9-3-6-11(7-4-9)8-5-10(2)12(13)14/h3-7H,1,8H2,2H3,(H,13,14). The molecule has 0 aliphatic heterocycles. The van der Waals surface area contributed by atoms with Crippen molar-refractivity contribution in [2.75, 3.05) is 0 Å². The van der Waals surface area contributed by atoms with E-state index in [4.69, 9.17) is 5.11 Å². The van der Waals surface area contributed by atoms with Crippen LogP contribution < -0.4 is 0 Å². The Hall–Kier alpha value is -1.57. The van der Waals surface area contributed by atoms with Crippen molar-refractivity contribution in [1.29, 1.82) is 0 Å². The molecule has 14 heavy (non-hydrogen) atoms. The van der Waals surface area contributed by atoms with Gasteiger partial charge < -0.3 is 5.11 Å². The van der Waals surface area contributed by atoms with Crippen molar-refractivity contribution in [2.24, 2.45) is 0 Å². The Morgan fingerprint density at radius 2 is 2.00 bits per heavy atom. The quantitative estimate of drug-likeness (QED) is 0.741. The highest BCUT2D eigenvalue weighted by Crippen LogP contribution is 2.05. The lowest BCUT2D eigenvalue weighted by molar-refractivity contribution is -0.132. The first kappa shape index (κ1) is 10.5. The molecule has 1 N–H and O–H groups in total. The predicted molar refractivity (Wildman–Crippen MR) is 56.0 cm³/mol. The summed E-state index contributed by atoms with van der Waals surface area (Å²) in [5.74, 6) is -0.862. The smallest absolute Gasteiger partial charge is 0.330 e. The number of allylic oxidation sites excluding steroid dienone is 1. The van der Waals surface area contributed by atoms with Crippen LogP contribution in [0, 0.1) is 6.92 Å². The van der Waals surface area contributed by atoms with Crippen LogP contribution in [0.3, 0.4) is 0 Å². The van der Waals surface area contributed by atoms with Gasteiger partial charge in [-0.3, -0.25) is 0 Å². The minimum atomic E-state index is -0.862. The molecule has 73 valence electrons. The average molecular weight is 189 g/mol. The van der Waals surface area contributed by atoms with Crippen LogP contribution in [0.25, 0.3) is 0 Å². The summed E-state index contributed by atoms with van der Waals surface area (Å²) in [5.41, 5.74) is 2.44. The summed E-state index contributed by atoms with van der Waals surface area (Å²) in [6.45, 7) is 5.37. The molecule has 2 nitrogen and oxygen atoms in total. The average Bonchev–Trinajstić information content (AvgIpc) is 2.16. The van der Waals surface area contributed by atoms with E-state index in [2.05, 4.69) is 6.92 Å². The molecule has 0 bridgehead atoms. The van der Waals surface area contributed by atoms with E-state index in [1.807, 2.05) is 24.3 Å². The monoisotopic (exact) mass is 189 g/mol. The van der Waals surface area contributed by atoms with Gasteiger partial charge in [-0.15, -0.1) is 0 Å². The first-order valence-corrected chi connectivity index (χ1v) is 4.40. The van der Waals surface area contributed by atoms with Crippen molar-refractivity contribution in [3.05, 3.63) is 54.0 Å². The number of rotatable bonds is 3. The van der Waals surface area contributed by atoms with Crippen LogP contribution in [0.5, 0.6) is 0 Å². The van der Waals surface area contributed by atoms with Gasteiger partial charge in [0.2, 0.25) is 0 Å². The maximum Gasteiger partial charge on any atom is 0.330 e. The molecule has 0 heterocycles. The Bertz CT molecular complexity index is 347. The zero-order chi connectivity index (χ0) is 10.6. The van der Waals surface area contributed by atoms with Gasteiger partial charge in [0.15, 0.2) is 0 Å². The normalized spacial score (nSPS) is 11.4. The highest BCUT2D eigenvalue weighted by molar-refractivity contribution is 5.85. The molecule has 0 fully saturated rings. The maximum atomic E-state index is 10.5.